The Balaban J connectivity index is 2.18. The van der Waals surface area contributed by atoms with Gasteiger partial charge in [-0.3, -0.25) is 19.8 Å². The highest BCUT2D eigenvalue weighted by atomic mass is 79.9. The van der Waals surface area contributed by atoms with Crippen molar-refractivity contribution in [1.82, 2.24) is 10.2 Å². The number of halogens is 1. The number of hydrogen-bond donors (Lipinski definition) is 1. The number of rotatable bonds is 5. The molecule has 1 fully saturated rings. The third-order valence-corrected chi connectivity index (χ3v) is 3.90. The molecule has 2 rings (SSSR count). The summed E-state index contributed by atoms with van der Waals surface area (Å²) < 4.78 is 0.359. The van der Waals surface area contributed by atoms with Crippen LogP contribution in [0.2, 0.25) is 0 Å². The summed E-state index contributed by atoms with van der Waals surface area (Å²) in [6.45, 7) is 1.96. The second kappa shape index (κ2) is 6.21. The summed E-state index contributed by atoms with van der Waals surface area (Å²) in [6, 6.07) is 3.59. The lowest BCUT2D eigenvalue weighted by atomic mass is 10.1. The van der Waals surface area contributed by atoms with Crippen LogP contribution in [0, 0.1) is 10.1 Å². The summed E-state index contributed by atoms with van der Waals surface area (Å²) in [5.41, 5.74) is 0.440. The number of imide groups is 1. The normalized spacial score (nSPS) is 18.0. The van der Waals surface area contributed by atoms with E-state index >= 15 is 0 Å². The average molecular weight is 356 g/mol. The minimum atomic E-state index is -0.515. The highest BCUT2D eigenvalue weighted by Gasteiger charge is 2.37. The minimum Gasteiger partial charge on any atom is -0.326 e. The highest BCUT2D eigenvalue weighted by molar-refractivity contribution is 9.10. The van der Waals surface area contributed by atoms with E-state index in [1.165, 1.54) is 12.1 Å². The molecule has 3 amide bonds. The van der Waals surface area contributed by atoms with Crippen LogP contribution >= 0.6 is 15.9 Å². The largest absolute Gasteiger partial charge is 0.326 e. The van der Waals surface area contributed by atoms with E-state index in [4.69, 9.17) is 0 Å². The first kappa shape index (κ1) is 15.4. The number of nitro benzene ring substituents is 1. The van der Waals surface area contributed by atoms with E-state index in [1.807, 2.05) is 6.92 Å². The van der Waals surface area contributed by atoms with Gasteiger partial charge in [0.2, 0.25) is 0 Å². The molecule has 0 bridgehead atoms. The second-order valence-electron chi connectivity index (χ2n) is 4.76. The molecule has 1 heterocycles. The van der Waals surface area contributed by atoms with E-state index in [0.717, 1.165) is 11.3 Å². The summed E-state index contributed by atoms with van der Waals surface area (Å²) in [5, 5.41) is 13.5. The summed E-state index contributed by atoms with van der Waals surface area (Å²) >= 11 is 3.10. The van der Waals surface area contributed by atoms with Crippen LogP contribution in [0.1, 0.15) is 25.3 Å². The van der Waals surface area contributed by atoms with Crippen LogP contribution in [0.4, 0.5) is 10.5 Å². The van der Waals surface area contributed by atoms with Crippen LogP contribution in [0.3, 0.4) is 0 Å². The number of amides is 3. The Morgan fingerprint density at radius 3 is 2.76 bits per heavy atom. The number of carbonyl (C=O) groups excluding carboxylic acids is 2. The Hall–Kier alpha value is -1.96. The molecule has 1 unspecified atom stereocenters. The Kier molecular flexibility index (Phi) is 4.56. The molecule has 21 heavy (non-hydrogen) atoms. The van der Waals surface area contributed by atoms with Gasteiger partial charge in [0.05, 0.1) is 15.9 Å². The molecule has 1 aliphatic rings. The monoisotopic (exact) mass is 355 g/mol. The standard InChI is InChI=1S/C13H14BrN3O4/c1-2-3-10-12(18)16(13(19)15-10)7-8-4-5-9(14)11(6-8)17(20)21/h4-6,10H,2-3,7H2,1H3,(H,15,19). The lowest BCUT2D eigenvalue weighted by molar-refractivity contribution is -0.385. The smallest absolute Gasteiger partial charge is 0.325 e. The predicted molar refractivity (Wildman–Crippen MR) is 78.6 cm³/mol. The number of nitrogens with zero attached hydrogens (tertiary/aromatic N) is 2. The molecule has 1 aromatic carbocycles. The van der Waals surface area contributed by atoms with Gasteiger partial charge in [0.25, 0.3) is 11.6 Å². The van der Waals surface area contributed by atoms with Crippen molar-refractivity contribution in [2.45, 2.75) is 32.4 Å². The van der Waals surface area contributed by atoms with Gasteiger partial charge in [-0.15, -0.1) is 0 Å². The predicted octanol–water partition coefficient (Wildman–Crippen LogP) is 2.58. The van der Waals surface area contributed by atoms with Crippen molar-refractivity contribution >= 4 is 33.6 Å². The van der Waals surface area contributed by atoms with E-state index in [9.17, 15) is 19.7 Å². The summed E-state index contributed by atoms with van der Waals surface area (Å²) in [4.78, 5) is 35.4. The molecule has 1 aromatic rings. The van der Waals surface area contributed by atoms with Crippen LogP contribution < -0.4 is 5.32 Å². The molecule has 112 valence electrons. The van der Waals surface area contributed by atoms with Crippen molar-refractivity contribution in [3.63, 3.8) is 0 Å². The van der Waals surface area contributed by atoms with Crippen molar-refractivity contribution in [1.29, 1.82) is 0 Å². The first-order valence-electron chi connectivity index (χ1n) is 6.48. The molecule has 0 aliphatic carbocycles. The van der Waals surface area contributed by atoms with E-state index < -0.39 is 17.0 Å². The first-order valence-corrected chi connectivity index (χ1v) is 7.28. The molecule has 1 aliphatic heterocycles. The molecule has 8 heteroatoms. The SMILES string of the molecule is CCCC1NC(=O)N(Cc2ccc(Br)c([N+](=O)[O-])c2)C1=O. The van der Waals surface area contributed by atoms with Crippen LogP contribution in [0.15, 0.2) is 22.7 Å². The zero-order chi connectivity index (χ0) is 15.6. The summed E-state index contributed by atoms with van der Waals surface area (Å²) in [7, 11) is 0. The Morgan fingerprint density at radius 2 is 2.14 bits per heavy atom. The van der Waals surface area contributed by atoms with Gasteiger partial charge in [-0.25, -0.2) is 4.79 Å². The van der Waals surface area contributed by atoms with Gasteiger partial charge < -0.3 is 5.32 Å². The van der Waals surface area contributed by atoms with Crippen LogP contribution in [-0.4, -0.2) is 27.8 Å². The zero-order valence-corrected chi connectivity index (χ0v) is 12.9. The van der Waals surface area contributed by atoms with Crippen LogP contribution in [0.25, 0.3) is 0 Å². The molecule has 0 spiro atoms. The third-order valence-electron chi connectivity index (χ3n) is 3.23. The number of nitro groups is 1. The minimum absolute atomic E-state index is 0.0268. The highest BCUT2D eigenvalue weighted by Crippen LogP contribution is 2.26. The maximum absolute atomic E-state index is 12.1. The van der Waals surface area contributed by atoms with Gasteiger partial charge >= 0.3 is 6.03 Å². The first-order chi connectivity index (χ1) is 9.93. The van der Waals surface area contributed by atoms with Gasteiger partial charge in [0.15, 0.2) is 0 Å². The van der Waals surface area contributed by atoms with Gasteiger partial charge in [-0.05, 0) is 34.0 Å². The number of carbonyl (C=O) groups is 2. The second-order valence-corrected chi connectivity index (χ2v) is 5.61. The van der Waals surface area contributed by atoms with Gasteiger partial charge in [-0.2, -0.15) is 0 Å². The Labute approximate surface area is 129 Å². The fourth-order valence-corrected chi connectivity index (χ4v) is 2.58. The van der Waals surface area contributed by atoms with Crippen molar-refractivity contribution in [2.75, 3.05) is 0 Å². The van der Waals surface area contributed by atoms with Crippen molar-refractivity contribution < 1.29 is 14.5 Å². The number of benzene rings is 1. The van der Waals surface area contributed by atoms with E-state index in [-0.39, 0.29) is 18.1 Å². The van der Waals surface area contributed by atoms with Crippen molar-refractivity contribution in [3.05, 3.63) is 38.3 Å². The fraction of sp³-hybridized carbons (Fsp3) is 0.385. The van der Waals surface area contributed by atoms with E-state index in [2.05, 4.69) is 21.2 Å². The molecule has 1 N–H and O–H groups in total. The third kappa shape index (κ3) is 3.21. The maximum atomic E-state index is 12.1. The maximum Gasteiger partial charge on any atom is 0.325 e. The molecule has 0 radical (unpaired) electrons. The van der Waals surface area contributed by atoms with E-state index in [1.54, 1.807) is 6.07 Å². The molecule has 0 aromatic heterocycles. The Morgan fingerprint density at radius 1 is 1.43 bits per heavy atom. The molecule has 1 atom stereocenters. The zero-order valence-electron chi connectivity index (χ0n) is 11.3. The number of urea groups is 1. The summed E-state index contributed by atoms with van der Waals surface area (Å²) in [6.07, 6.45) is 1.37. The molecule has 0 saturated carbocycles. The number of hydrogen-bond acceptors (Lipinski definition) is 4. The van der Waals surface area contributed by atoms with Gasteiger partial charge in [0.1, 0.15) is 6.04 Å². The Bertz CT molecular complexity index is 605. The molecule has 1 saturated heterocycles. The molecule has 7 nitrogen and oxygen atoms in total. The molecular weight excluding hydrogens is 342 g/mol. The van der Waals surface area contributed by atoms with Crippen molar-refractivity contribution in [3.8, 4) is 0 Å². The van der Waals surface area contributed by atoms with Crippen LogP contribution in [-0.2, 0) is 11.3 Å². The quantitative estimate of drug-likeness (QED) is 0.499. The number of nitrogens with one attached hydrogen (secondary N) is 1. The van der Waals surface area contributed by atoms with Crippen LogP contribution in [0.5, 0.6) is 0 Å². The van der Waals surface area contributed by atoms with Crippen molar-refractivity contribution in [2.24, 2.45) is 0 Å². The lowest BCUT2D eigenvalue weighted by Crippen LogP contribution is -2.30. The lowest BCUT2D eigenvalue weighted by Gasteiger charge is -2.13. The molecular formula is C13H14BrN3O4. The van der Waals surface area contributed by atoms with E-state index in [0.29, 0.717) is 16.5 Å². The average Bonchev–Trinajstić information content (AvgIpc) is 2.68. The van der Waals surface area contributed by atoms with Gasteiger partial charge in [0, 0.05) is 6.07 Å². The summed E-state index contributed by atoms with van der Waals surface area (Å²) in [5.74, 6) is -0.285. The topological polar surface area (TPSA) is 92.6 Å². The van der Waals surface area contributed by atoms with Gasteiger partial charge in [-0.1, -0.05) is 19.4 Å². The fourth-order valence-electron chi connectivity index (χ4n) is 2.19.